The number of carbonyl (C=O) groups excluding carboxylic acids is 3. The van der Waals surface area contributed by atoms with E-state index in [1.54, 1.807) is 30.3 Å². The molecule has 3 amide bonds. The molecule has 0 aliphatic carbocycles. The van der Waals surface area contributed by atoms with Gasteiger partial charge in [0.15, 0.2) is 0 Å². The molecule has 0 radical (unpaired) electrons. The van der Waals surface area contributed by atoms with E-state index < -0.39 is 30.4 Å². The van der Waals surface area contributed by atoms with Crippen molar-refractivity contribution in [3.8, 4) is 0 Å². The number of piperazine rings is 1. The predicted octanol–water partition coefficient (Wildman–Crippen LogP) is 3.28. The Kier molecular flexibility index (Phi) is 8.53. The van der Waals surface area contributed by atoms with Crippen molar-refractivity contribution in [2.75, 3.05) is 29.9 Å². The molecular weight excluding hydrogens is 493 g/mol. The van der Waals surface area contributed by atoms with Crippen LogP contribution >= 0.6 is 0 Å². The van der Waals surface area contributed by atoms with Gasteiger partial charge < -0.3 is 20.6 Å². The Hall–Kier alpha value is -3.93. The second-order valence-electron chi connectivity index (χ2n) is 8.87. The molecule has 4 N–H and O–H groups in total. The van der Waals surface area contributed by atoms with Crippen molar-refractivity contribution in [2.45, 2.75) is 32.5 Å². The van der Waals surface area contributed by atoms with Gasteiger partial charge in [-0.15, -0.1) is 0 Å². The van der Waals surface area contributed by atoms with E-state index in [4.69, 9.17) is 0 Å². The number of anilines is 2. The fourth-order valence-electron chi connectivity index (χ4n) is 3.99. The summed E-state index contributed by atoms with van der Waals surface area (Å²) in [5.74, 6) is -4.04. The molecule has 1 saturated heterocycles. The van der Waals surface area contributed by atoms with Crippen LogP contribution in [0.1, 0.15) is 51.3 Å². The second kappa shape index (κ2) is 11.4. The van der Waals surface area contributed by atoms with E-state index in [0.29, 0.717) is 29.9 Å². The lowest BCUT2D eigenvalue weighted by molar-refractivity contribution is -0.150. The number of nitrogens with one attached hydrogen (secondary N) is 3. The highest BCUT2D eigenvalue weighted by Gasteiger charge is 2.33. The molecule has 2 heterocycles. The molecule has 0 bridgehead atoms. The minimum Gasteiger partial charge on any atom is -0.478 e. The number of halogens is 3. The van der Waals surface area contributed by atoms with E-state index in [0.717, 1.165) is 13.5 Å². The lowest BCUT2D eigenvalue weighted by atomic mass is 10.1. The number of hydrogen-bond acceptors (Lipinski definition) is 6. The van der Waals surface area contributed by atoms with Gasteiger partial charge in [0.2, 0.25) is 5.91 Å². The quantitative estimate of drug-likeness (QED) is 0.446. The van der Waals surface area contributed by atoms with Crippen LogP contribution in [-0.4, -0.2) is 60.6 Å². The third kappa shape index (κ3) is 7.29. The van der Waals surface area contributed by atoms with Crippen molar-refractivity contribution in [2.24, 2.45) is 5.92 Å². The van der Waals surface area contributed by atoms with E-state index in [-0.39, 0.29) is 29.1 Å². The van der Waals surface area contributed by atoms with Crippen LogP contribution in [-0.2, 0) is 4.79 Å². The van der Waals surface area contributed by atoms with Crippen molar-refractivity contribution < 1.29 is 37.5 Å². The Morgan fingerprint density at radius 3 is 2.30 bits per heavy atom. The number of fused-ring (bicyclic) bond motifs is 1. The van der Waals surface area contributed by atoms with Gasteiger partial charge in [-0.05, 0) is 37.3 Å². The van der Waals surface area contributed by atoms with Crippen molar-refractivity contribution >= 4 is 35.1 Å². The first-order valence-corrected chi connectivity index (χ1v) is 11.5. The number of aromatic carboxylic acids is 1. The number of carbonyl (C=O) groups is 4. The largest absolute Gasteiger partial charge is 0.478 e. The Morgan fingerprint density at radius 2 is 1.76 bits per heavy atom. The number of imide groups is 1. The average Bonchev–Trinajstić information content (AvgIpc) is 3.12. The smallest absolute Gasteiger partial charge is 0.389 e. The van der Waals surface area contributed by atoms with Gasteiger partial charge in [-0.3, -0.25) is 19.7 Å². The number of alkyl halides is 3. The van der Waals surface area contributed by atoms with E-state index >= 15 is 0 Å². The van der Waals surface area contributed by atoms with Crippen LogP contribution in [0.15, 0.2) is 42.5 Å². The average molecular weight is 521 g/mol. The van der Waals surface area contributed by atoms with Crippen LogP contribution in [0.25, 0.3) is 0 Å². The van der Waals surface area contributed by atoms with Crippen LogP contribution in [0.3, 0.4) is 0 Å². The maximum atomic E-state index is 12.4. The molecule has 0 saturated carbocycles. The highest BCUT2D eigenvalue weighted by atomic mass is 19.4. The van der Waals surface area contributed by atoms with Crippen molar-refractivity contribution in [3.05, 3.63) is 59.2 Å². The number of benzene rings is 2. The van der Waals surface area contributed by atoms with Gasteiger partial charge in [0.05, 0.1) is 28.8 Å². The summed E-state index contributed by atoms with van der Waals surface area (Å²) in [5, 5.41) is 17.2. The second-order valence-corrected chi connectivity index (χ2v) is 8.87. The zero-order valence-corrected chi connectivity index (χ0v) is 20.2. The lowest BCUT2D eigenvalue weighted by Gasteiger charge is -2.34. The van der Waals surface area contributed by atoms with Gasteiger partial charge in [-0.2, -0.15) is 13.2 Å². The van der Waals surface area contributed by atoms with E-state index in [1.807, 2.05) is 11.8 Å². The predicted molar refractivity (Wildman–Crippen MR) is 130 cm³/mol. The maximum absolute atomic E-state index is 12.4. The van der Waals surface area contributed by atoms with Gasteiger partial charge in [0, 0.05) is 37.3 Å². The van der Waals surface area contributed by atoms with Crippen LogP contribution in [0.2, 0.25) is 0 Å². The lowest BCUT2D eigenvalue weighted by Crippen LogP contribution is -2.49. The number of rotatable bonds is 5. The number of nitrogens with zero attached hydrogens (tertiary/aromatic N) is 1. The monoisotopic (exact) mass is 520 g/mol. The Labute approximate surface area is 211 Å². The molecule has 1 unspecified atom stereocenters. The molecule has 4 rings (SSSR count). The molecule has 12 heteroatoms. The van der Waals surface area contributed by atoms with Gasteiger partial charge in [-0.1, -0.05) is 19.1 Å². The molecule has 2 aromatic carbocycles. The van der Waals surface area contributed by atoms with Gasteiger partial charge in [-0.25, -0.2) is 4.79 Å². The first-order chi connectivity index (χ1) is 17.4. The zero-order chi connectivity index (χ0) is 27.3. The summed E-state index contributed by atoms with van der Waals surface area (Å²) in [4.78, 5) is 47.4. The normalized spacial score (nSPS) is 17.8. The van der Waals surface area contributed by atoms with Gasteiger partial charge >= 0.3 is 12.1 Å². The fraction of sp³-hybridized carbons (Fsp3) is 0.360. The summed E-state index contributed by atoms with van der Waals surface area (Å²) in [6.07, 6.45) is -5.73. The molecular formula is C25H27F3N4O5. The third-order valence-electron chi connectivity index (χ3n) is 5.85. The molecule has 37 heavy (non-hydrogen) atoms. The summed E-state index contributed by atoms with van der Waals surface area (Å²) in [6, 6.07) is 11.5. The van der Waals surface area contributed by atoms with E-state index in [2.05, 4.69) is 16.0 Å². The number of carboxylic acid groups (broad SMARTS) is 1. The number of carboxylic acids is 1. The van der Waals surface area contributed by atoms with Gasteiger partial charge in [0.25, 0.3) is 11.8 Å². The molecule has 0 spiro atoms. The standard InChI is InChI=1S/C17H22F3N3O3.C8H5NO2/c1-10(8-17(18,19)20)15(24)22-14-4-3-12(7-13(14)16(25)26)23-6-5-21-11(2)9-23;10-7-5-3-1-2-4-6(5)8(11)9-7/h3-4,7,10-11,21H,5-6,8-9H2,1-2H3,(H,22,24)(H,25,26);1-4H,(H,9,10,11)/t10?,11-;/m0./s1. The molecule has 2 aromatic rings. The number of hydrogen-bond donors (Lipinski definition) is 4. The maximum Gasteiger partial charge on any atom is 0.389 e. The summed E-state index contributed by atoms with van der Waals surface area (Å²) in [6.45, 7) is 5.34. The topological polar surface area (TPSA) is 128 Å². The highest BCUT2D eigenvalue weighted by Crippen LogP contribution is 2.28. The van der Waals surface area contributed by atoms with Crippen LogP contribution < -0.4 is 20.9 Å². The minimum absolute atomic E-state index is 0.0107. The summed E-state index contributed by atoms with van der Waals surface area (Å²) >= 11 is 0. The fourth-order valence-corrected chi connectivity index (χ4v) is 3.99. The summed E-state index contributed by atoms with van der Waals surface area (Å²) in [7, 11) is 0. The van der Waals surface area contributed by atoms with Crippen LogP contribution in [0, 0.1) is 5.92 Å². The Balaban J connectivity index is 0.000000284. The van der Waals surface area contributed by atoms with Crippen molar-refractivity contribution in [3.63, 3.8) is 0 Å². The van der Waals surface area contributed by atoms with Crippen LogP contribution in [0.5, 0.6) is 0 Å². The molecule has 1 fully saturated rings. The molecule has 198 valence electrons. The summed E-state index contributed by atoms with van der Waals surface area (Å²) < 4.78 is 37.3. The number of amides is 3. The third-order valence-corrected chi connectivity index (χ3v) is 5.85. The molecule has 2 aliphatic rings. The molecule has 0 aromatic heterocycles. The van der Waals surface area contributed by atoms with E-state index in [9.17, 15) is 37.5 Å². The van der Waals surface area contributed by atoms with Crippen molar-refractivity contribution in [1.82, 2.24) is 10.6 Å². The first kappa shape index (κ1) is 27.7. The molecule has 9 nitrogen and oxygen atoms in total. The van der Waals surface area contributed by atoms with Gasteiger partial charge in [0.1, 0.15) is 0 Å². The van der Waals surface area contributed by atoms with Crippen molar-refractivity contribution in [1.29, 1.82) is 0 Å². The Morgan fingerprint density at radius 1 is 1.14 bits per heavy atom. The SMILES string of the molecule is CC(CC(F)(F)F)C(=O)Nc1ccc(N2CCN[C@@H](C)C2)cc1C(=O)O.O=C1NC(=O)c2ccccc21. The zero-order valence-electron chi connectivity index (χ0n) is 20.2. The molecule has 2 atom stereocenters. The Bertz CT molecular complexity index is 1170. The van der Waals surface area contributed by atoms with Crippen LogP contribution in [0.4, 0.5) is 24.5 Å². The first-order valence-electron chi connectivity index (χ1n) is 11.5. The molecule has 2 aliphatic heterocycles. The highest BCUT2D eigenvalue weighted by molar-refractivity contribution is 6.21. The summed E-state index contributed by atoms with van der Waals surface area (Å²) in [5.41, 5.74) is 1.47. The minimum atomic E-state index is -4.46. The van der Waals surface area contributed by atoms with E-state index in [1.165, 1.54) is 12.1 Å².